The van der Waals surface area contributed by atoms with E-state index in [4.69, 9.17) is 9.47 Å². The molecule has 0 amide bonds. The van der Waals surface area contributed by atoms with E-state index in [1.807, 2.05) is 0 Å². The second-order valence-electron chi connectivity index (χ2n) is 8.63. The number of aldehydes is 1. The molecule has 216 valence electrons. The molecule has 39 heavy (non-hydrogen) atoms. The van der Waals surface area contributed by atoms with Gasteiger partial charge in [-0.15, -0.1) is 26.3 Å². The number of halogens is 7. The molecule has 0 bridgehead atoms. The standard InChI is InChI=1S/C13H14F3NO3.C12H13BrF3NO2/c14-13(15,16)20-12-2-1-10(7-11(12)9-18)8-17-3-5-19-6-4-17;13-10-7-9(8-17-3-5-18-6-4-17)1-2-11(10)19-12(14,15)16/h1-2,7,9H,3-6,8H2;1-2,7H,3-6,8H2. The summed E-state index contributed by atoms with van der Waals surface area (Å²) < 4.78 is 91.4. The van der Waals surface area contributed by atoms with Crippen molar-refractivity contribution in [1.29, 1.82) is 0 Å². The Morgan fingerprint density at radius 2 is 1.18 bits per heavy atom. The third kappa shape index (κ3) is 11.3. The van der Waals surface area contributed by atoms with Crippen molar-refractivity contribution in [3.05, 3.63) is 57.6 Å². The van der Waals surface area contributed by atoms with E-state index in [2.05, 4.69) is 35.2 Å². The molecule has 0 spiro atoms. The summed E-state index contributed by atoms with van der Waals surface area (Å²) in [6, 6.07) is 8.74. The number of carbonyl (C=O) groups excluding carboxylic acids is 1. The molecule has 0 aliphatic carbocycles. The smallest absolute Gasteiger partial charge is 0.405 e. The molecule has 0 N–H and O–H groups in total. The second-order valence-corrected chi connectivity index (χ2v) is 9.48. The van der Waals surface area contributed by atoms with Crippen LogP contribution in [-0.4, -0.2) is 81.4 Å². The predicted molar refractivity (Wildman–Crippen MR) is 132 cm³/mol. The fourth-order valence-electron chi connectivity index (χ4n) is 3.89. The van der Waals surface area contributed by atoms with Crippen LogP contribution in [0.2, 0.25) is 0 Å². The Labute approximate surface area is 229 Å². The fraction of sp³-hybridized carbons (Fsp3) is 0.480. The van der Waals surface area contributed by atoms with Gasteiger partial charge in [-0.25, -0.2) is 0 Å². The normalized spacial score (nSPS) is 17.2. The van der Waals surface area contributed by atoms with Crippen LogP contribution in [-0.2, 0) is 22.6 Å². The van der Waals surface area contributed by atoms with Gasteiger partial charge >= 0.3 is 12.7 Å². The highest BCUT2D eigenvalue weighted by atomic mass is 79.9. The Morgan fingerprint density at radius 3 is 1.62 bits per heavy atom. The molecule has 0 unspecified atom stereocenters. The summed E-state index contributed by atoms with van der Waals surface area (Å²) >= 11 is 3.10. The highest BCUT2D eigenvalue weighted by Gasteiger charge is 2.33. The summed E-state index contributed by atoms with van der Waals surface area (Å²) in [4.78, 5) is 15.2. The number of carbonyl (C=O) groups is 1. The number of morpholine rings is 2. The number of nitrogens with zero attached hydrogens (tertiary/aromatic N) is 2. The van der Waals surface area contributed by atoms with E-state index in [0.29, 0.717) is 50.3 Å². The van der Waals surface area contributed by atoms with Crippen molar-refractivity contribution >= 4 is 22.2 Å². The molecule has 2 saturated heterocycles. The van der Waals surface area contributed by atoms with Crippen LogP contribution >= 0.6 is 15.9 Å². The monoisotopic (exact) mass is 628 g/mol. The van der Waals surface area contributed by atoms with Crippen molar-refractivity contribution in [2.75, 3.05) is 52.6 Å². The number of hydrogen-bond donors (Lipinski definition) is 0. The van der Waals surface area contributed by atoms with Gasteiger partial charge in [0.2, 0.25) is 0 Å². The Bertz CT molecular complexity index is 1070. The largest absolute Gasteiger partial charge is 0.573 e. The molecule has 0 saturated carbocycles. The molecule has 0 radical (unpaired) electrons. The third-order valence-electron chi connectivity index (χ3n) is 5.67. The maximum atomic E-state index is 12.2. The molecule has 2 aromatic rings. The SMILES string of the molecule is FC(F)(F)Oc1ccc(CN2CCOCC2)cc1Br.O=Cc1cc(CN2CCOCC2)ccc1OC(F)(F)F. The minimum atomic E-state index is -4.80. The van der Waals surface area contributed by atoms with Crippen molar-refractivity contribution in [3.63, 3.8) is 0 Å². The number of hydrogen-bond acceptors (Lipinski definition) is 7. The molecule has 2 fully saturated rings. The quantitative estimate of drug-likeness (QED) is 0.300. The maximum absolute atomic E-state index is 12.2. The second kappa shape index (κ2) is 14.3. The zero-order valence-electron chi connectivity index (χ0n) is 20.7. The number of ether oxygens (including phenoxy) is 4. The van der Waals surface area contributed by atoms with Gasteiger partial charge in [0.15, 0.2) is 6.29 Å². The van der Waals surface area contributed by atoms with E-state index in [9.17, 15) is 31.1 Å². The number of rotatable bonds is 7. The van der Waals surface area contributed by atoms with Crippen molar-refractivity contribution in [3.8, 4) is 11.5 Å². The Hall–Kier alpha value is -2.39. The van der Waals surface area contributed by atoms with Crippen molar-refractivity contribution in [2.45, 2.75) is 25.8 Å². The number of benzene rings is 2. The predicted octanol–water partition coefficient (Wildman–Crippen LogP) is 5.41. The molecule has 2 heterocycles. The lowest BCUT2D eigenvalue weighted by Gasteiger charge is -2.26. The Morgan fingerprint density at radius 1 is 0.744 bits per heavy atom. The zero-order valence-corrected chi connectivity index (χ0v) is 22.3. The van der Waals surface area contributed by atoms with Gasteiger partial charge in [0.25, 0.3) is 0 Å². The zero-order chi connectivity index (χ0) is 28.5. The van der Waals surface area contributed by atoms with E-state index in [1.165, 1.54) is 24.3 Å². The van der Waals surface area contributed by atoms with Crippen LogP contribution in [0.15, 0.2) is 40.9 Å². The van der Waals surface area contributed by atoms with Crippen LogP contribution < -0.4 is 9.47 Å². The molecule has 4 rings (SSSR count). The van der Waals surface area contributed by atoms with E-state index in [0.717, 1.165) is 37.3 Å². The molecule has 0 aromatic heterocycles. The minimum absolute atomic E-state index is 0.104. The van der Waals surface area contributed by atoms with Gasteiger partial charge in [-0.1, -0.05) is 12.1 Å². The van der Waals surface area contributed by atoms with Gasteiger partial charge in [-0.2, -0.15) is 0 Å². The summed E-state index contributed by atoms with van der Waals surface area (Å²) in [5.74, 6) is -0.698. The first-order valence-corrected chi connectivity index (χ1v) is 12.7. The minimum Gasteiger partial charge on any atom is -0.405 e. The van der Waals surface area contributed by atoms with Gasteiger partial charge in [0.1, 0.15) is 11.5 Å². The van der Waals surface area contributed by atoms with Crippen LogP contribution in [0, 0.1) is 0 Å². The summed E-state index contributed by atoms with van der Waals surface area (Å²) in [5, 5.41) is 0. The van der Waals surface area contributed by atoms with Gasteiger partial charge in [-0.3, -0.25) is 14.6 Å². The molecular formula is C25H27BrF6N2O5. The maximum Gasteiger partial charge on any atom is 0.573 e. The van der Waals surface area contributed by atoms with Crippen molar-refractivity contribution in [2.24, 2.45) is 0 Å². The highest BCUT2D eigenvalue weighted by molar-refractivity contribution is 9.10. The van der Waals surface area contributed by atoms with E-state index < -0.39 is 18.5 Å². The molecule has 14 heteroatoms. The highest BCUT2D eigenvalue weighted by Crippen LogP contribution is 2.31. The van der Waals surface area contributed by atoms with Crippen LogP contribution in [0.4, 0.5) is 26.3 Å². The van der Waals surface area contributed by atoms with Crippen molar-refractivity contribution in [1.82, 2.24) is 9.80 Å². The van der Waals surface area contributed by atoms with Gasteiger partial charge in [0.05, 0.1) is 36.5 Å². The Balaban J connectivity index is 0.000000216. The third-order valence-corrected chi connectivity index (χ3v) is 6.29. The van der Waals surface area contributed by atoms with Gasteiger partial charge in [0, 0.05) is 39.3 Å². The van der Waals surface area contributed by atoms with E-state index in [-0.39, 0.29) is 11.3 Å². The average Bonchev–Trinajstić information content (AvgIpc) is 2.87. The molecule has 7 nitrogen and oxygen atoms in total. The lowest BCUT2D eigenvalue weighted by atomic mass is 10.1. The first-order chi connectivity index (χ1) is 18.4. The first-order valence-electron chi connectivity index (χ1n) is 11.9. The van der Waals surface area contributed by atoms with E-state index >= 15 is 0 Å². The van der Waals surface area contributed by atoms with Crippen molar-refractivity contribution < 1.29 is 50.1 Å². The molecule has 2 aliphatic heterocycles. The lowest BCUT2D eigenvalue weighted by molar-refractivity contribution is -0.275. The number of alkyl halides is 6. The summed E-state index contributed by atoms with van der Waals surface area (Å²) in [6.45, 7) is 7.09. The summed E-state index contributed by atoms with van der Waals surface area (Å²) in [5.41, 5.74) is 1.60. The Kier molecular flexibility index (Phi) is 11.4. The van der Waals surface area contributed by atoms with Crippen LogP contribution in [0.25, 0.3) is 0 Å². The van der Waals surface area contributed by atoms with Gasteiger partial charge < -0.3 is 18.9 Å². The van der Waals surface area contributed by atoms with E-state index in [1.54, 1.807) is 12.1 Å². The summed E-state index contributed by atoms with van der Waals surface area (Å²) in [6.07, 6.45) is -9.11. The molecule has 0 atom stereocenters. The van der Waals surface area contributed by atoms with Crippen LogP contribution in [0.3, 0.4) is 0 Å². The first kappa shape index (κ1) is 31.1. The molecule has 2 aliphatic rings. The molecule has 2 aromatic carbocycles. The fourth-order valence-corrected chi connectivity index (χ4v) is 4.40. The summed E-state index contributed by atoms with van der Waals surface area (Å²) in [7, 11) is 0. The molecular weight excluding hydrogens is 602 g/mol. The average molecular weight is 629 g/mol. The van der Waals surface area contributed by atoms with Crippen LogP contribution in [0.5, 0.6) is 11.5 Å². The topological polar surface area (TPSA) is 60.5 Å². The van der Waals surface area contributed by atoms with Gasteiger partial charge in [-0.05, 0) is 51.3 Å². The lowest BCUT2D eigenvalue weighted by Crippen LogP contribution is -2.35. The van der Waals surface area contributed by atoms with Crippen LogP contribution in [0.1, 0.15) is 21.5 Å².